The summed E-state index contributed by atoms with van der Waals surface area (Å²) in [6.07, 6.45) is 0. The number of rotatable bonds is 8. The Hall–Kier alpha value is -2.79. The molecule has 28 heavy (non-hydrogen) atoms. The number of hydrogen-bond donors (Lipinski definition) is 1. The molecule has 1 amide bonds. The van der Waals surface area contributed by atoms with Gasteiger partial charge < -0.3 is 14.5 Å². The average Bonchev–Trinajstić information content (AvgIpc) is 3.07. The average molecular weight is 380 g/mol. The van der Waals surface area contributed by atoms with Crippen LogP contribution in [-0.2, 0) is 0 Å². The molecule has 5 nitrogen and oxygen atoms in total. The molecule has 1 N–H and O–H groups in total. The minimum absolute atomic E-state index is 0.116. The van der Waals surface area contributed by atoms with E-state index in [-0.39, 0.29) is 11.9 Å². The summed E-state index contributed by atoms with van der Waals surface area (Å²) >= 11 is 0. The summed E-state index contributed by atoms with van der Waals surface area (Å²) in [5, 5.41) is 3.97. The summed E-state index contributed by atoms with van der Waals surface area (Å²) in [4.78, 5) is 15.2. The van der Waals surface area contributed by atoms with Crippen LogP contribution in [-0.4, -0.2) is 37.6 Å². The molecule has 0 aliphatic rings. The standard InChI is InChI=1S/C23H28N2O3/c1-5-25(6-2)20(17-10-8-7-9-11-17)15-24-23(26)22-16(3)19-14-18(27-4)12-13-21(19)28-22/h7-14,20H,5-6,15H2,1-4H3,(H,24,26). The Balaban J connectivity index is 1.81. The van der Waals surface area contributed by atoms with E-state index in [9.17, 15) is 4.79 Å². The second-order valence-corrected chi connectivity index (χ2v) is 6.78. The number of furan rings is 1. The Morgan fingerprint density at radius 1 is 1.14 bits per heavy atom. The molecule has 3 aromatic rings. The van der Waals surface area contributed by atoms with Crippen LogP contribution in [0, 0.1) is 6.92 Å². The van der Waals surface area contributed by atoms with Crippen LogP contribution in [0.1, 0.15) is 41.6 Å². The molecule has 1 aromatic heterocycles. The van der Waals surface area contributed by atoms with Crippen molar-refractivity contribution in [3.05, 3.63) is 65.4 Å². The van der Waals surface area contributed by atoms with E-state index in [0.29, 0.717) is 17.9 Å². The van der Waals surface area contributed by atoms with E-state index in [2.05, 4.69) is 36.2 Å². The number of nitrogens with zero attached hydrogens (tertiary/aromatic N) is 1. The van der Waals surface area contributed by atoms with E-state index in [1.54, 1.807) is 7.11 Å². The van der Waals surface area contributed by atoms with E-state index in [4.69, 9.17) is 9.15 Å². The molecule has 5 heteroatoms. The van der Waals surface area contributed by atoms with E-state index in [1.165, 1.54) is 5.56 Å². The number of ether oxygens (including phenoxy) is 1. The van der Waals surface area contributed by atoms with E-state index in [1.807, 2.05) is 43.3 Å². The number of hydrogen-bond acceptors (Lipinski definition) is 4. The number of aryl methyl sites for hydroxylation is 1. The van der Waals surface area contributed by atoms with Gasteiger partial charge in [-0.1, -0.05) is 44.2 Å². The zero-order valence-electron chi connectivity index (χ0n) is 17.0. The van der Waals surface area contributed by atoms with Crippen LogP contribution >= 0.6 is 0 Å². The van der Waals surface area contributed by atoms with Crippen molar-refractivity contribution in [1.29, 1.82) is 0 Å². The molecule has 0 bridgehead atoms. The van der Waals surface area contributed by atoms with Crippen molar-refractivity contribution < 1.29 is 13.9 Å². The molecular formula is C23H28N2O3. The summed E-state index contributed by atoms with van der Waals surface area (Å²) in [5.41, 5.74) is 2.70. The molecule has 1 unspecified atom stereocenters. The molecule has 0 aliphatic carbocycles. The van der Waals surface area contributed by atoms with E-state index in [0.717, 1.165) is 29.8 Å². The lowest BCUT2D eigenvalue weighted by atomic mass is 10.0. The second-order valence-electron chi connectivity index (χ2n) is 6.78. The largest absolute Gasteiger partial charge is 0.497 e. The lowest BCUT2D eigenvalue weighted by Gasteiger charge is -2.30. The molecule has 0 aliphatic heterocycles. The van der Waals surface area contributed by atoms with Gasteiger partial charge in [0.15, 0.2) is 5.76 Å². The first-order valence-corrected chi connectivity index (χ1v) is 9.73. The number of likely N-dealkylation sites (N-methyl/N-ethyl adjacent to an activating group) is 1. The topological polar surface area (TPSA) is 54.7 Å². The summed E-state index contributed by atoms with van der Waals surface area (Å²) in [6, 6.07) is 16.0. The SMILES string of the molecule is CCN(CC)C(CNC(=O)c1oc2ccc(OC)cc2c1C)c1ccccc1. The normalized spacial score (nSPS) is 12.3. The minimum atomic E-state index is -0.194. The monoisotopic (exact) mass is 380 g/mol. The van der Waals surface area contributed by atoms with Gasteiger partial charge in [0, 0.05) is 17.5 Å². The summed E-state index contributed by atoms with van der Waals surface area (Å²) < 4.78 is 11.1. The molecular weight excluding hydrogens is 352 g/mol. The Bertz CT molecular complexity index is 930. The van der Waals surface area contributed by atoms with Crippen LogP contribution < -0.4 is 10.1 Å². The quantitative estimate of drug-likeness (QED) is 0.622. The first kappa shape index (κ1) is 20.0. The van der Waals surface area contributed by atoms with Crippen LogP contribution in [0.4, 0.5) is 0 Å². The van der Waals surface area contributed by atoms with Gasteiger partial charge in [-0.25, -0.2) is 0 Å². The number of amides is 1. The van der Waals surface area contributed by atoms with Crippen LogP contribution in [0.5, 0.6) is 5.75 Å². The van der Waals surface area contributed by atoms with Crippen LogP contribution in [0.2, 0.25) is 0 Å². The van der Waals surface area contributed by atoms with Crippen molar-refractivity contribution >= 4 is 16.9 Å². The van der Waals surface area contributed by atoms with Gasteiger partial charge >= 0.3 is 0 Å². The number of methoxy groups -OCH3 is 1. The molecule has 1 heterocycles. The highest BCUT2D eigenvalue weighted by Crippen LogP contribution is 2.29. The molecule has 0 spiro atoms. The van der Waals surface area contributed by atoms with Gasteiger partial charge in [0.25, 0.3) is 5.91 Å². The summed E-state index contributed by atoms with van der Waals surface area (Å²) in [5.74, 6) is 0.907. The smallest absolute Gasteiger partial charge is 0.287 e. The van der Waals surface area contributed by atoms with Crippen LogP contribution in [0.3, 0.4) is 0 Å². The van der Waals surface area contributed by atoms with Crippen molar-refractivity contribution in [3.8, 4) is 5.75 Å². The Morgan fingerprint density at radius 3 is 2.50 bits per heavy atom. The third-order valence-electron chi connectivity index (χ3n) is 5.24. The lowest BCUT2D eigenvalue weighted by molar-refractivity contribution is 0.0908. The predicted molar refractivity (Wildman–Crippen MR) is 112 cm³/mol. The van der Waals surface area contributed by atoms with Crippen LogP contribution in [0.25, 0.3) is 11.0 Å². The fourth-order valence-corrected chi connectivity index (χ4v) is 3.61. The highest BCUT2D eigenvalue weighted by molar-refractivity contribution is 5.99. The van der Waals surface area contributed by atoms with Crippen molar-refractivity contribution in [1.82, 2.24) is 10.2 Å². The van der Waals surface area contributed by atoms with E-state index >= 15 is 0 Å². The second kappa shape index (κ2) is 8.93. The zero-order valence-corrected chi connectivity index (χ0v) is 17.0. The number of carbonyl (C=O) groups excluding carboxylic acids is 1. The molecule has 0 radical (unpaired) electrons. The molecule has 0 saturated heterocycles. The van der Waals surface area contributed by atoms with Gasteiger partial charge in [0.2, 0.25) is 0 Å². The van der Waals surface area contributed by atoms with Crippen molar-refractivity contribution in [3.63, 3.8) is 0 Å². The zero-order chi connectivity index (χ0) is 20.1. The maximum atomic E-state index is 12.9. The fourth-order valence-electron chi connectivity index (χ4n) is 3.61. The third kappa shape index (κ3) is 4.04. The number of fused-ring (bicyclic) bond motifs is 1. The summed E-state index contributed by atoms with van der Waals surface area (Å²) in [6.45, 7) is 8.52. The maximum Gasteiger partial charge on any atom is 0.287 e. The fraction of sp³-hybridized carbons (Fsp3) is 0.348. The van der Waals surface area contributed by atoms with Gasteiger partial charge in [-0.2, -0.15) is 0 Å². The van der Waals surface area contributed by atoms with Gasteiger partial charge in [0.1, 0.15) is 11.3 Å². The van der Waals surface area contributed by atoms with Crippen molar-refractivity contribution in [2.45, 2.75) is 26.8 Å². The Kier molecular flexibility index (Phi) is 6.37. The predicted octanol–water partition coefficient (Wildman–Crippen LogP) is 4.56. The van der Waals surface area contributed by atoms with Crippen LogP contribution in [0.15, 0.2) is 52.9 Å². The molecule has 1 atom stereocenters. The summed E-state index contributed by atoms with van der Waals surface area (Å²) in [7, 11) is 1.63. The van der Waals surface area contributed by atoms with Gasteiger partial charge in [-0.3, -0.25) is 9.69 Å². The van der Waals surface area contributed by atoms with E-state index < -0.39 is 0 Å². The minimum Gasteiger partial charge on any atom is -0.497 e. The lowest BCUT2D eigenvalue weighted by Crippen LogP contribution is -2.38. The van der Waals surface area contributed by atoms with Gasteiger partial charge in [-0.15, -0.1) is 0 Å². The molecule has 3 rings (SSSR count). The van der Waals surface area contributed by atoms with Crippen molar-refractivity contribution in [2.75, 3.05) is 26.7 Å². The first-order chi connectivity index (χ1) is 13.6. The molecule has 0 saturated carbocycles. The van der Waals surface area contributed by atoms with Gasteiger partial charge in [-0.05, 0) is 43.8 Å². The highest BCUT2D eigenvalue weighted by atomic mass is 16.5. The first-order valence-electron chi connectivity index (χ1n) is 9.73. The number of nitrogens with one attached hydrogen (secondary N) is 1. The number of carbonyl (C=O) groups is 1. The Morgan fingerprint density at radius 2 is 1.86 bits per heavy atom. The Labute approximate surface area is 166 Å². The molecule has 0 fully saturated rings. The molecule has 2 aromatic carbocycles. The number of benzene rings is 2. The third-order valence-corrected chi connectivity index (χ3v) is 5.24. The highest BCUT2D eigenvalue weighted by Gasteiger charge is 2.22. The molecule has 148 valence electrons. The maximum absolute atomic E-state index is 12.9. The van der Waals surface area contributed by atoms with Gasteiger partial charge in [0.05, 0.1) is 13.2 Å². The van der Waals surface area contributed by atoms with Crippen molar-refractivity contribution in [2.24, 2.45) is 0 Å².